The largest absolute Gasteiger partial charge is 0.458 e. The lowest BCUT2D eigenvalue weighted by Gasteiger charge is -2.09. The van der Waals surface area contributed by atoms with Gasteiger partial charge in [0.1, 0.15) is 11.8 Å². The number of sulfone groups is 1. The molecule has 2 aromatic rings. The molecular weight excluding hydrogens is 376 g/mol. The van der Waals surface area contributed by atoms with Crippen molar-refractivity contribution in [2.45, 2.75) is 26.0 Å². The van der Waals surface area contributed by atoms with Crippen LogP contribution in [0.1, 0.15) is 29.3 Å². The fourth-order valence-electron chi connectivity index (χ4n) is 2.86. The molecule has 0 amide bonds. The molecule has 1 aromatic heterocycles. The second kappa shape index (κ2) is 7.63. The van der Waals surface area contributed by atoms with Gasteiger partial charge in [0.15, 0.2) is 9.84 Å². The van der Waals surface area contributed by atoms with Gasteiger partial charge in [-0.15, -0.1) is 0 Å². The first kappa shape index (κ1) is 18.7. The Morgan fingerprint density at radius 1 is 1.38 bits per heavy atom. The molecule has 6 nitrogen and oxygen atoms in total. The molecular formula is C18H19ClN2O4S. The number of nitrogens with zero attached hydrogens (tertiary/aromatic N) is 2. The lowest BCUT2D eigenvalue weighted by atomic mass is 10.2. The van der Waals surface area contributed by atoms with Gasteiger partial charge in [-0.1, -0.05) is 41.9 Å². The fourth-order valence-corrected chi connectivity index (χ4v) is 4.93. The number of hydrogen-bond donors (Lipinski definition) is 0. The zero-order valence-electron chi connectivity index (χ0n) is 14.3. The van der Waals surface area contributed by atoms with Gasteiger partial charge in [-0.25, -0.2) is 17.9 Å². The highest BCUT2D eigenvalue weighted by molar-refractivity contribution is 7.91. The smallest absolute Gasteiger partial charge is 0.331 e. The topological polar surface area (TPSA) is 78.3 Å². The predicted octanol–water partition coefficient (Wildman–Crippen LogP) is 2.96. The van der Waals surface area contributed by atoms with Gasteiger partial charge in [0.25, 0.3) is 0 Å². The minimum absolute atomic E-state index is 0.0378. The lowest BCUT2D eigenvalue weighted by Crippen LogP contribution is -2.12. The zero-order chi connectivity index (χ0) is 18.7. The number of carbonyl (C=O) groups excluding carboxylic acids is 1. The summed E-state index contributed by atoms with van der Waals surface area (Å²) < 4.78 is 30.0. The van der Waals surface area contributed by atoms with Crippen LogP contribution < -0.4 is 0 Å². The van der Waals surface area contributed by atoms with Crippen molar-refractivity contribution < 1.29 is 17.9 Å². The summed E-state index contributed by atoms with van der Waals surface area (Å²) in [7, 11) is -3.04. The molecule has 0 unspecified atom stereocenters. The minimum Gasteiger partial charge on any atom is -0.458 e. The first-order valence-electron chi connectivity index (χ1n) is 8.19. The van der Waals surface area contributed by atoms with Crippen molar-refractivity contribution >= 4 is 33.5 Å². The summed E-state index contributed by atoms with van der Waals surface area (Å²) in [5.41, 5.74) is 2.12. The molecule has 8 heteroatoms. The molecule has 1 aliphatic heterocycles. The van der Waals surface area contributed by atoms with Gasteiger partial charge in [0.05, 0.1) is 23.2 Å². The Kier molecular flexibility index (Phi) is 5.48. The van der Waals surface area contributed by atoms with Crippen LogP contribution in [0.2, 0.25) is 5.15 Å². The number of ether oxygens (including phenoxy) is 1. The highest BCUT2D eigenvalue weighted by Gasteiger charge is 2.31. The van der Waals surface area contributed by atoms with E-state index in [0.717, 1.165) is 5.56 Å². The summed E-state index contributed by atoms with van der Waals surface area (Å²) in [6.07, 6.45) is 3.35. The van der Waals surface area contributed by atoms with E-state index < -0.39 is 15.8 Å². The van der Waals surface area contributed by atoms with E-state index in [4.69, 9.17) is 16.3 Å². The normalized spacial score (nSPS) is 19.1. The molecule has 1 saturated heterocycles. The van der Waals surface area contributed by atoms with E-state index >= 15 is 0 Å². The lowest BCUT2D eigenvalue weighted by molar-refractivity contribution is -0.138. The molecule has 3 rings (SSSR count). The second-order valence-electron chi connectivity index (χ2n) is 6.22. The SMILES string of the molecule is Cc1nn([C@H]2CCS(=O)(=O)C2)c(Cl)c1/C=C/C(=O)OCc1ccccc1. The van der Waals surface area contributed by atoms with Crippen molar-refractivity contribution in [1.29, 1.82) is 0 Å². The van der Waals surface area contributed by atoms with Crippen LogP contribution in [-0.4, -0.2) is 35.7 Å². The van der Waals surface area contributed by atoms with Crippen molar-refractivity contribution in [3.05, 3.63) is 58.4 Å². The van der Waals surface area contributed by atoms with Crippen LogP contribution in [0.3, 0.4) is 0 Å². The highest BCUT2D eigenvalue weighted by Crippen LogP contribution is 2.30. The Bertz CT molecular complexity index is 936. The van der Waals surface area contributed by atoms with Crippen LogP contribution in [-0.2, 0) is 26.0 Å². The number of hydrogen-bond acceptors (Lipinski definition) is 5. The summed E-state index contributed by atoms with van der Waals surface area (Å²) in [4.78, 5) is 11.9. The molecule has 0 spiro atoms. The van der Waals surface area contributed by atoms with E-state index in [-0.39, 0.29) is 24.2 Å². The molecule has 0 radical (unpaired) electrons. The summed E-state index contributed by atoms with van der Waals surface area (Å²) in [6, 6.07) is 9.12. The average Bonchev–Trinajstić information content (AvgIpc) is 3.11. The number of aromatic nitrogens is 2. The number of esters is 1. The molecule has 0 N–H and O–H groups in total. The molecule has 1 aliphatic rings. The second-order valence-corrected chi connectivity index (χ2v) is 8.80. The van der Waals surface area contributed by atoms with Gasteiger partial charge in [0, 0.05) is 11.6 Å². The molecule has 1 atom stereocenters. The maximum absolute atomic E-state index is 11.9. The standard InChI is InChI=1S/C18H19ClN2O4S/c1-13-16(7-8-17(22)25-11-14-5-3-2-4-6-14)18(19)21(20-13)15-9-10-26(23,24)12-15/h2-8,15H,9-12H2,1H3/b8-7+/t15-/m0/s1. The van der Waals surface area contributed by atoms with Crippen LogP contribution in [0.5, 0.6) is 0 Å². The number of halogens is 1. The summed E-state index contributed by atoms with van der Waals surface area (Å²) in [5.74, 6) is -0.305. The molecule has 138 valence electrons. The van der Waals surface area contributed by atoms with Crippen LogP contribution in [0.25, 0.3) is 6.08 Å². The van der Waals surface area contributed by atoms with E-state index in [1.54, 1.807) is 13.0 Å². The Hall–Kier alpha value is -2.12. The minimum atomic E-state index is -3.04. The number of rotatable bonds is 5. The van der Waals surface area contributed by atoms with Gasteiger partial charge in [-0.05, 0) is 25.0 Å². The maximum Gasteiger partial charge on any atom is 0.331 e. The summed E-state index contributed by atoms with van der Waals surface area (Å²) in [5, 5.41) is 4.68. The van der Waals surface area contributed by atoms with Crippen LogP contribution >= 0.6 is 11.6 Å². The quantitative estimate of drug-likeness (QED) is 0.575. The molecule has 0 saturated carbocycles. The van der Waals surface area contributed by atoms with E-state index in [0.29, 0.717) is 22.8 Å². The van der Waals surface area contributed by atoms with E-state index in [2.05, 4.69) is 5.10 Å². The molecule has 1 aromatic carbocycles. The Morgan fingerprint density at radius 3 is 2.77 bits per heavy atom. The molecule has 0 aliphatic carbocycles. The van der Waals surface area contributed by atoms with E-state index in [1.165, 1.54) is 10.8 Å². The molecule has 1 fully saturated rings. The van der Waals surface area contributed by atoms with Crippen molar-refractivity contribution in [2.75, 3.05) is 11.5 Å². The Morgan fingerprint density at radius 2 is 2.12 bits per heavy atom. The zero-order valence-corrected chi connectivity index (χ0v) is 15.8. The Balaban J connectivity index is 1.68. The van der Waals surface area contributed by atoms with Gasteiger partial charge in [-0.3, -0.25) is 0 Å². The summed E-state index contributed by atoms with van der Waals surface area (Å²) >= 11 is 6.36. The molecule has 2 heterocycles. The first-order valence-corrected chi connectivity index (χ1v) is 10.4. The van der Waals surface area contributed by atoms with Crippen molar-refractivity contribution in [3.63, 3.8) is 0 Å². The monoisotopic (exact) mass is 394 g/mol. The number of benzene rings is 1. The third kappa shape index (κ3) is 4.34. The van der Waals surface area contributed by atoms with Crippen LogP contribution in [0.4, 0.5) is 0 Å². The third-order valence-corrected chi connectivity index (χ3v) is 6.36. The third-order valence-electron chi connectivity index (χ3n) is 4.24. The first-order chi connectivity index (χ1) is 12.4. The van der Waals surface area contributed by atoms with Crippen molar-refractivity contribution in [1.82, 2.24) is 9.78 Å². The molecule has 0 bridgehead atoms. The Labute approximate surface area is 157 Å². The number of aryl methyl sites for hydroxylation is 1. The van der Waals surface area contributed by atoms with Crippen molar-refractivity contribution in [3.8, 4) is 0 Å². The number of carbonyl (C=O) groups is 1. The van der Waals surface area contributed by atoms with Crippen LogP contribution in [0.15, 0.2) is 36.4 Å². The fraction of sp³-hybridized carbons (Fsp3) is 0.333. The van der Waals surface area contributed by atoms with Gasteiger partial charge in [-0.2, -0.15) is 5.10 Å². The highest BCUT2D eigenvalue weighted by atomic mass is 35.5. The maximum atomic E-state index is 11.9. The van der Waals surface area contributed by atoms with E-state index in [1.807, 2.05) is 30.3 Å². The van der Waals surface area contributed by atoms with E-state index in [9.17, 15) is 13.2 Å². The molecule has 26 heavy (non-hydrogen) atoms. The summed E-state index contributed by atoms with van der Waals surface area (Å²) in [6.45, 7) is 1.96. The van der Waals surface area contributed by atoms with Crippen molar-refractivity contribution in [2.24, 2.45) is 0 Å². The predicted molar refractivity (Wildman–Crippen MR) is 99.6 cm³/mol. The van der Waals surface area contributed by atoms with Gasteiger partial charge >= 0.3 is 5.97 Å². The average molecular weight is 395 g/mol. The van der Waals surface area contributed by atoms with Gasteiger partial charge in [0.2, 0.25) is 0 Å². The van der Waals surface area contributed by atoms with Crippen LogP contribution in [0, 0.1) is 6.92 Å². The van der Waals surface area contributed by atoms with Gasteiger partial charge < -0.3 is 4.74 Å².